The van der Waals surface area contributed by atoms with Crippen LogP contribution in [0.15, 0.2) is 42.1 Å². The Morgan fingerprint density at radius 2 is 2.14 bits per heavy atom. The summed E-state index contributed by atoms with van der Waals surface area (Å²) < 4.78 is 20.0. The molecule has 1 saturated heterocycles. The average Bonchev–Trinajstić information content (AvgIpc) is 2.82. The molecule has 2 aliphatic heterocycles. The molecule has 1 fully saturated rings. The fourth-order valence-electron chi connectivity index (χ4n) is 2.77. The number of cyclic esters (lactones) is 1. The maximum atomic E-state index is 14.7. The van der Waals surface area contributed by atoms with Crippen LogP contribution >= 0.6 is 11.8 Å². The van der Waals surface area contributed by atoms with Gasteiger partial charge in [0.1, 0.15) is 11.9 Å². The molecule has 0 spiro atoms. The molecule has 3 rings (SSSR count). The highest BCUT2D eigenvalue weighted by Gasteiger charge is 2.33. The molecular weight excluding hydrogens is 381 g/mol. The molecule has 1 atom stereocenters. The predicted octanol–water partition coefficient (Wildman–Crippen LogP) is 3.85. The first kappa shape index (κ1) is 20.3. The molecule has 2 heterocycles. The summed E-state index contributed by atoms with van der Waals surface area (Å²) in [5.41, 5.74) is 0.309. The van der Waals surface area contributed by atoms with Gasteiger partial charge in [-0.1, -0.05) is 26.8 Å². The number of amides is 2. The zero-order valence-corrected chi connectivity index (χ0v) is 17.0. The lowest BCUT2D eigenvalue weighted by Crippen LogP contribution is -2.40. The summed E-state index contributed by atoms with van der Waals surface area (Å²) in [6.45, 7) is 5.91. The number of ether oxygens (including phenoxy) is 1. The topological polar surface area (TPSA) is 61.9 Å². The molecule has 0 unspecified atom stereocenters. The molecule has 0 radical (unpaired) electrons. The predicted molar refractivity (Wildman–Crippen MR) is 110 cm³/mol. The number of carbonyl (C=O) groups excluding carboxylic acids is 2. The fraction of sp³-hybridized carbons (Fsp3) is 0.400. The van der Waals surface area contributed by atoms with Crippen molar-refractivity contribution < 1.29 is 18.7 Å². The van der Waals surface area contributed by atoms with Crippen molar-refractivity contribution in [3.63, 3.8) is 0 Å². The summed E-state index contributed by atoms with van der Waals surface area (Å²) in [6.07, 6.45) is 4.53. The van der Waals surface area contributed by atoms with Crippen molar-refractivity contribution in [2.75, 3.05) is 28.6 Å². The summed E-state index contributed by atoms with van der Waals surface area (Å²) in [5, 5.41) is 4.69. The number of nitrogens with one attached hydrogen (secondary N) is 1. The van der Waals surface area contributed by atoms with Gasteiger partial charge in [-0.05, 0) is 23.6 Å². The Morgan fingerprint density at radius 1 is 1.36 bits per heavy atom. The first-order valence-electron chi connectivity index (χ1n) is 9.05. The third kappa shape index (κ3) is 4.67. The second-order valence-electron chi connectivity index (χ2n) is 7.62. The van der Waals surface area contributed by atoms with Crippen LogP contribution in [0.4, 0.5) is 20.6 Å². The highest BCUT2D eigenvalue weighted by molar-refractivity contribution is 8.02. The largest absolute Gasteiger partial charge is 0.442 e. The Morgan fingerprint density at radius 3 is 2.86 bits per heavy atom. The fourth-order valence-corrected chi connectivity index (χ4v) is 3.30. The Labute approximate surface area is 168 Å². The van der Waals surface area contributed by atoms with Crippen LogP contribution in [-0.2, 0) is 9.53 Å². The number of benzene rings is 1. The zero-order chi connectivity index (χ0) is 20.3. The standard InChI is InChI=1S/C20H24FN3O3S/c1-20(2,3)18(25)22-12-15-13-24(19(26)27-15)14-5-6-17(16(21)11-14)23-7-4-9-28-10-8-23/h4-8,10-11,15H,9,12-13H2,1-3H3,(H,22,25)/t15-/m0/s1. The maximum Gasteiger partial charge on any atom is 0.414 e. The van der Waals surface area contributed by atoms with Gasteiger partial charge >= 0.3 is 6.09 Å². The van der Waals surface area contributed by atoms with Crippen molar-refractivity contribution in [3.8, 4) is 0 Å². The quantitative estimate of drug-likeness (QED) is 0.824. The van der Waals surface area contributed by atoms with Crippen LogP contribution < -0.4 is 15.1 Å². The highest BCUT2D eigenvalue weighted by Crippen LogP contribution is 2.29. The van der Waals surface area contributed by atoms with Crippen LogP contribution in [0.2, 0.25) is 0 Å². The van der Waals surface area contributed by atoms with Crippen LogP contribution in [0.3, 0.4) is 0 Å². The lowest BCUT2D eigenvalue weighted by atomic mass is 9.96. The number of thioether (sulfide) groups is 1. The van der Waals surface area contributed by atoms with Crippen molar-refractivity contribution in [3.05, 3.63) is 47.9 Å². The zero-order valence-electron chi connectivity index (χ0n) is 16.1. The van der Waals surface area contributed by atoms with Gasteiger partial charge in [-0.2, -0.15) is 0 Å². The normalized spacial score (nSPS) is 19.6. The third-order valence-electron chi connectivity index (χ3n) is 4.34. The molecule has 2 aliphatic rings. The lowest BCUT2D eigenvalue weighted by Gasteiger charge is -2.19. The molecule has 1 aromatic carbocycles. The highest BCUT2D eigenvalue weighted by atomic mass is 32.2. The molecule has 0 aromatic heterocycles. The Balaban J connectivity index is 1.67. The number of anilines is 2. The monoisotopic (exact) mass is 405 g/mol. The van der Waals surface area contributed by atoms with Crippen molar-refractivity contribution in [2.24, 2.45) is 5.41 Å². The van der Waals surface area contributed by atoms with E-state index in [9.17, 15) is 14.0 Å². The van der Waals surface area contributed by atoms with E-state index in [-0.39, 0.29) is 19.0 Å². The summed E-state index contributed by atoms with van der Waals surface area (Å²) in [5.74, 6) is 0.282. The number of rotatable bonds is 4. The lowest BCUT2D eigenvalue weighted by molar-refractivity contribution is -0.128. The number of carbonyl (C=O) groups is 2. The molecule has 0 saturated carbocycles. The number of hydrogen-bond donors (Lipinski definition) is 1. The van der Waals surface area contributed by atoms with E-state index in [4.69, 9.17) is 4.74 Å². The summed E-state index contributed by atoms with van der Waals surface area (Å²) >= 11 is 1.62. The van der Waals surface area contributed by atoms with Gasteiger partial charge in [0.15, 0.2) is 0 Å². The van der Waals surface area contributed by atoms with E-state index in [1.54, 1.807) is 35.0 Å². The van der Waals surface area contributed by atoms with Crippen LogP contribution in [0.5, 0.6) is 0 Å². The molecule has 1 aromatic rings. The van der Waals surface area contributed by atoms with Gasteiger partial charge in [0.25, 0.3) is 0 Å². The van der Waals surface area contributed by atoms with E-state index >= 15 is 0 Å². The Hall–Kier alpha value is -2.48. The second kappa shape index (κ2) is 8.26. The summed E-state index contributed by atoms with van der Waals surface area (Å²) in [4.78, 5) is 27.3. The summed E-state index contributed by atoms with van der Waals surface area (Å²) in [6, 6.07) is 4.65. The van der Waals surface area contributed by atoms with Gasteiger partial charge in [-0.15, -0.1) is 11.8 Å². The van der Waals surface area contributed by atoms with E-state index in [1.807, 2.05) is 38.5 Å². The minimum Gasteiger partial charge on any atom is -0.442 e. The molecule has 0 bridgehead atoms. The molecule has 28 heavy (non-hydrogen) atoms. The number of halogens is 1. The molecule has 0 aliphatic carbocycles. The number of nitrogens with zero attached hydrogens (tertiary/aromatic N) is 2. The van der Waals surface area contributed by atoms with E-state index < -0.39 is 23.4 Å². The molecule has 150 valence electrons. The third-order valence-corrected chi connectivity index (χ3v) is 5.04. The van der Waals surface area contributed by atoms with E-state index in [0.717, 1.165) is 5.75 Å². The smallest absolute Gasteiger partial charge is 0.414 e. The van der Waals surface area contributed by atoms with E-state index in [1.165, 1.54) is 11.0 Å². The maximum absolute atomic E-state index is 14.7. The van der Waals surface area contributed by atoms with Crippen molar-refractivity contribution in [1.82, 2.24) is 5.32 Å². The summed E-state index contributed by atoms with van der Waals surface area (Å²) in [7, 11) is 0. The molecule has 6 nitrogen and oxygen atoms in total. The van der Waals surface area contributed by atoms with Crippen molar-refractivity contribution >= 4 is 35.1 Å². The Bertz CT molecular complexity index is 805. The molecule has 2 amide bonds. The first-order valence-corrected chi connectivity index (χ1v) is 10.1. The van der Waals surface area contributed by atoms with Gasteiger partial charge < -0.3 is 15.0 Å². The van der Waals surface area contributed by atoms with Crippen LogP contribution in [-0.4, -0.2) is 36.9 Å². The van der Waals surface area contributed by atoms with Crippen molar-refractivity contribution in [2.45, 2.75) is 26.9 Å². The first-order chi connectivity index (χ1) is 13.3. The van der Waals surface area contributed by atoms with Gasteiger partial charge in [-0.3, -0.25) is 9.69 Å². The molecule has 8 heteroatoms. The van der Waals surface area contributed by atoms with Crippen LogP contribution in [0.1, 0.15) is 20.8 Å². The van der Waals surface area contributed by atoms with Gasteiger partial charge in [0, 0.05) is 23.6 Å². The van der Waals surface area contributed by atoms with Crippen LogP contribution in [0.25, 0.3) is 0 Å². The van der Waals surface area contributed by atoms with E-state index in [2.05, 4.69) is 5.32 Å². The second-order valence-corrected chi connectivity index (χ2v) is 8.56. The molecular formula is C20H24FN3O3S. The Kier molecular flexibility index (Phi) is 5.98. The van der Waals surface area contributed by atoms with E-state index in [0.29, 0.717) is 11.4 Å². The average molecular weight is 405 g/mol. The van der Waals surface area contributed by atoms with Gasteiger partial charge in [-0.25, -0.2) is 9.18 Å². The minimum atomic E-state index is -0.548. The van der Waals surface area contributed by atoms with Crippen molar-refractivity contribution in [1.29, 1.82) is 0 Å². The van der Waals surface area contributed by atoms with Gasteiger partial charge in [0.2, 0.25) is 5.91 Å². The SMILES string of the molecule is CC(C)(C)C(=O)NC[C@H]1CN(c2ccc(N3C=CCSC=C3)c(F)c2)C(=O)O1. The van der Waals surface area contributed by atoms with Gasteiger partial charge in [0.05, 0.1) is 24.5 Å². The molecule has 1 N–H and O–H groups in total. The van der Waals surface area contributed by atoms with Crippen LogP contribution in [0, 0.1) is 11.2 Å². The number of hydrogen-bond acceptors (Lipinski definition) is 5. The minimum absolute atomic E-state index is 0.117.